The summed E-state index contributed by atoms with van der Waals surface area (Å²) in [4.78, 5) is 11.8. The van der Waals surface area contributed by atoms with Crippen LogP contribution in [0.2, 0.25) is 0 Å². The van der Waals surface area contributed by atoms with E-state index >= 15 is 0 Å². The molecular weight excluding hydrogens is 304 g/mol. The smallest absolute Gasteiger partial charge is 0.138 e. The average Bonchev–Trinajstić information content (AvgIpc) is 2.56. The molecule has 0 spiro atoms. The van der Waals surface area contributed by atoms with E-state index in [2.05, 4.69) is 55.5 Å². The quantitative estimate of drug-likeness (QED) is 0.232. The lowest BCUT2D eigenvalue weighted by molar-refractivity contribution is -0.126. The first-order valence-corrected chi connectivity index (χ1v) is 10.1. The number of hydrogen-bond donors (Lipinski definition) is 0. The van der Waals surface area contributed by atoms with Crippen molar-refractivity contribution in [3.05, 3.63) is 48.6 Å². The van der Waals surface area contributed by atoms with E-state index in [1.54, 1.807) is 0 Å². The second kappa shape index (κ2) is 16.1. The highest BCUT2D eigenvalue weighted by molar-refractivity contribution is 5.83. The van der Waals surface area contributed by atoms with Gasteiger partial charge in [-0.05, 0) is 44.9 Å². The van der Waals surface area contributed by atoms with Gasteiger partial charge in [-0.1, -0.05) is 89.1 Å². The summed E-state index contributed by atoms with van der Waals surface area (Å²) in [6, 6.07) is 0. The van der Waals surface area contributed by atoms with Crippen molar-refractivity contribution in [2.75, 3.05) is 0 Å². The lowest BCUT2D eigenvalue weighted by atomic mass is 9.88. The summed E-state index contributed by atoms with van der Waals surface area (Å²) in [6.07, 6.45) is 28.7. The normalized spacial score (nSPS) is 13.1. The van der Waals surface area contributed by atoms with E-state index in [1.165, 1.54) is 25.7 Å². The third-order valence-corrected chi connectivity index (χ3v) is 4.07. The van der Waals surface area contributed by atoms with Crippen molar-refractivity contribution in [3.63, 3.8) is 0 Å². The van der Waals surface area contributed by atoms with Crippen LogP contribution in [-0.4, -0.2) is 5.78 Å². The van der Waals surface area contributed by atoms with Gasteiger partial charge in [0.15, 0.2) is 0 Å². The van der Waals surface area contributed by atoms with Crippen LogP contribution in [0.4, 0.5) is 0 Å². The summed E-state index contributed by atoms with van der Waals surface area (Å²) in [5.41, 5.74) is -0.190. The molecule has 0 aliphatic heterocycles. The molecule has 0 radical (unpaired) electrons. The Morgan fingerprint density at radius 3 is 1.56 bits per heavy atom. The maximum absolute atomic E-state index is 11.8. The van der Waals surface area contributed by atoms with Crippen LogP contribution in [0.1, 0.15) is 91.9 Å². The molecule has 1 heteroatoms. The van der Waals surface area contributed by atoms with Gasteiger partial charge in [0.25, 0.3) is 0 Å². The number of carbonyl (C=O) groups is 1. The van der Waals surface area contributed by atoms with Crippen molar-refractivity contribution in [2.24, 2.45) is 5.41 Å². The standard InChI is InChI=1S/C24H40O/c1-5-6-7-8-9-10-11-12-13-14-15-16-17-18-19-20-21-22-23(25)24(2,3)4/h9-10,12-13,15-16,18-19H,5-8,11,14,17,20-22H2,1-4H3/b10-9-,13-12-,16-15-,19-18-. The van der Waals surface area contributed by atoms with Gasteiger partial charge >= 0.3 is 0 Å². The van der Waals surface area contributed by atoms with Crippen LogP contribution in [-0.2, 0) is 4.79 Å². The second-order valence-electron chi connectivity index (χ2n) is 7.65. The Balaban J connectivity index is 3.54. The number of carbonyl (C=O) groups excluding carboxylic acids is 1. The van der Waals surface area contributed by atoms with Crippen molar-refractivity contribution in [2.45, 2.75) is 91.9 Å². The number of ketones is 1. The van der Waals surface area contributed by atoms with E-state index in [4.69, 9.17) is 0 Å². The van der Waals surface area contributed by atoms with Gasteiger partial charge in [-0.25, -0.2) is 0 Å². The Hall–Kier alpha value is -1.37. The summed E-state index contributed by atoms with van der Waals surface area (Å²) >= 11 is 0. The second-order valence-corrected chi connectivity index (χ2v) is 7.65. The molecule has 0 amide bonds. The van der Waals surface area contributed by atoms with Crippen LogP contribution >= 0.6 is 0 Å². The lowest BCUT2D eigenvalue weighted by Crippen LogP contribution is -2.19. The van der Waals surface area contributed by atoms with E-state index in [-0.39, 0.29) is 5.41 Å². The van der Waals surface area contributed by atoms with Gasteiger partial charge in [0, 0.05) is 11.8 Å². The predicted octanol–water partition coefficient (Wildman–Crippen LogP) is 7.75. The Labute approximate surface area is 157 Å². The Kier molecular flexibility index (Phi) is 15.2. The summed E-state index contributed by atoms with van der Waals surface area (Å²) in [5.74, 6) is 0.364. The first-order chi connectivity index (χ1) is 12.0. The fourth-order valence-corrected chi connectivity index (χ4v) is 2.32. The zero-order valence-electron chi connectivity index (χ0n) is 17.1. The van der Waals surface area contributed by atoms with Gasteiger partial charge in [-0.2, -0.15) is 0 Å². The molecule has 0 aromatic rings. The highest BCUT2D eigenvalue weighted by Crippen LogP contribution is 2.18. The Morgan fingerprint density at radius 2 is 1.12 bits per heavy atom. The molecule has 0 saturated carbocycles. The zero-order chi connectivity index (χ0) is 18.8. The molecule has 0 N–H and O–H groups in total. The van der Waals surface area contributed by atoms with Gasteiger partial charge in [0.1, 0.15) is 5.78 Å². The highest BCUT2D eigenvalue weighted by Gasteiger charge is 2.19. The third-order valence-electron chi connectivity index (χ3n) is 4.07. The highest BCUT2D eigenvalue weighted by atomic mass is 16.1. The van der Waals surface area contributed by atoms with Crippen molar-refractivity contribution in [3.8, 4) is 0 Å². The molecule has 0 unspecified atom stereocenters. The monoisotopic (exact) mass is 344 g/mol. The summed E-state index contributed by atoms with van der Waals surface area (Å²) in [7, 11) is 0. The largest absolute Gasteiger partial charge is 0.299 e. The Morgan fingerprint density at radius 1 is 0.680 bits per heavy atom. The first-order valence-electron chi connectivity index (χ1n) is 10.1. The minimum absolute atomic E-state index is 0.190. The molecule has 1 nitrogen and oxygen atoms in total. The first kappa shape index (κ1) is 23.6. The molecule has 25 heavy (non-hydrogen) atoms. The predicted molar refractivity (Wildman–Crippen MR) is 113 cm³/mol. The van der Waals surface area contributed by atoms with Crippen LogP contribution in [0.15, 0.2) is 48.6 Å². The topological polar surface area (TPSA) is 17.1 Å². The van der Waals surface area contributed by atoms with Crippen molar-refractivity contribution >= 4 is 5.78 Å². The number of unbranched alkanes of at least 4 members (excludes halogenated alkanes) is 4. The molecule has 0 saturated heterocycles. The molecule has 0 bridgehead atoms. The zero-order valence-corrected chi connectivity index (χ0v) is 17.1. The molecular formula is C24H40O. The number of rotatable bonds is 14. The van der Waals surface area contributed by atoms with Crippen molar-refractivity contribution in [1.82, 2.24) is 0 Å². The minimum atomic E-state index is -0.190. The van der Waals surface area contributed by atoms with Gasteiger partial charge in [-0.3, -0.25) is 4.79 Å². The van der Waals surface area contributed by atoms with E-state index < -0.39 is 0 Å². The summed E-state index contributed by atoms with van der Waals surface area (Å²) in [6.45, 7) is 8.23. The fraction of sp³-hybridized carbons (Fsp3) is 0.625. The Bertz CT molecular complexity index is 430. The van der Waals surface area contributed by atoms with Crippen LogP contribution in [0.3, 0.4) is 0 Å². The fourth-order valence-electron chi connectivity index (χ4n) is 2.32. The molecule has 0 atom stereocenters. The summed E-state index contributed by atoms with van der Waals surface area (Å²) in [5, 5.41) is 0. The number of Topliss-reactive ketones (excluding diaryl/α,β-unsaturated/α-hetero) is 1. The van der Waals surface area contributed by atoms with Crippen LogP contribution in [0.5, 0.6) is 0 Å². The lowest BCUT2D eigenvalue weighted by Gasteiger charge is -2.15. The SMILES string of the molecule is CCCCC/C=C\C/C=C\C/C=C\C/C=C\CCCC(=O)C(C)(C)C. The van der Waals surface area contributed by atoms with Crippen molar-refractivity contribution < 1.29 is 4.79 Å². The third kappa shape index (κ3) is 17.2. The van der Waals surface area contributed by atoms with Crippen LogP contribution < -0.4 is 0 Å². The molecule has 0 aromatic heterocycles. The molecule has 0 aromatic carbocycles. The van der Waals surface area contributed by atoms with E-state index in [0.717, 1.165) is 32.1 Å². The molecule has 0 aliphatic rings. The summed E-state index contributed by atoms with van der Waals surface area (Å²) < 4.78 is 0. The van der Waals surface area contributed by atoms with Gasteiger partial charge in [-0.15, -0.1) is 0 Å². The maximum atomic E-state index is 11.8. The number of hydrogen-bond acceptors (Lipinski definition) is 1. The molecule has 0 aliphatic carbocycles. The van der Waals surface area contributed by atoms with Gasteiger partial charge in [0.05, 0.1) is 0 Å². The number of allylic oxidation sites excluding steroid dienone is 8. The molecule has 0 rings (SSSR count). The maximum Gasteiger partial charge on any atom is 0.138 e. The van der Waals surface area contributed by atoms with Crippen molar-refractivity contribution in [1.29, 1.82) is 0 Å². The molecule has 0 heterocycles. The van der Waals surface area contributed by atoms with Gasteiger partial charge < -0.3 is 0 Å². The minimum Gasteiger partial charge on any atom is -0.299 e. The van der Waals surface area contributed by atoms with E-state index in [1.807, 2.05) is 20.8 Å². The van der Waals surface area contributed by atoms with Crippen LogP contribution in [0, 0.1) is 5.41 Å². The van der Waals surface area contributed by atoms with E-state index in [0.29, 0.717) is 12.2 Å². The van der Waals surface area contributed by atoms with Crippen LogP contribution in [0.25, 0.3) is 0 Å². The molecule has 0 fully saturated rings. The van der Waals surface area contributed by atoms with E-state index in [9.17, 15) is 4.79 Å². The average molecular weight is 345 g/mol. The molecule has 142 valence electrons. The van der Waals surface area contributed by atoms with Gasteiger partial charge in [0.2, 0.25) is 0 Å².